The third kappa shape index (κ3) is 3.35. The lowest BCUT2D eigenvalue weighted by Gasteiger charge is -2.11. The molecular weight excluding hydrogens is 310 g/mol. The summed E-state index contributed by atoms with van der Waals surface area (Å²) in [5.74, 6) is 0.781. The molecule has 4 nitrogen and oxygen atoms in total. The molecule has 1 aromatic heterocycles. The van der Waals surface area contributed by atoms with Crippen LogP contribution in [-0.2, 0) is 19.3 Å². The lowest BCUT2D eigenvalue weighted by atomic mass is 10.1. The Balaban J connectivity index is 1.34. The predicted molar refractivity (Wildman–Crippen MR) is 101 cm³/mol. The fraction of sp³-hybridized carbons (Fsp3) is 0.333. The molecule has 0 spiro atoms. The molecule has 0 fully saturated rings. The van der Waals surface area contributed by atoms with E-state index in [0.29, 0.717) is 11.4 Å². The number of aromatic nitrogens is 2. The van der Waals surface area contributed by atoms with Crippen LogP contribution in [0.25, 0.3) is 10.9 Å². The molecule has 25 heavy (non-hydrogen) atoms. The van der Waals surface area contributed by atoms with Crippen LogP contribution in [0.1, 0.15) is 28.9 Å². The Hall–Kier alpha value is -2.46. The summed E-state index contributed by atoms with van der Waals surface area (Å²) in [6, 6.07) is 14.9. The van der Waals surface area contributed by atoms with Gasteiger partial charge in [-0.1, -0.05) is 36.4 Å². The SMILES string of the molecule is Cc1cccc2c(=O)[nH]c(CCCNC3Cc4ccccc4C3)nc12. The number of benzene rings is 2. The van der Waals surface area contributed by atoms with E-state index < -0.39 is 0 Å². The van der Waals surface area contributed by atoms with Crippen LogP contribution >= 0.6 is 0 Å². The van der Waals surface area contributed by atoms with E-state index >= 15 is 0 Å². The van der Waals surface area contributed by atoms with E-state index in [1.807, 2.05) is 25.1 Å². The van der Waals surface area contributed by atoms with Crippen molar-refractivity contribution in [2.24, 2.45) is 0 Å². The van der Waals surface area contributed by atoms with Gasteiger partial charge in [0.2, 0.25) is 0 Å². The Kier molecular flexibility index (Phi) is 4.36. The summed E-state index contributed by atoms with van der Waals surface area (Å²) in [5, 5.41) is 4.31. The molecule has 3 aromatic rings. The van der Waals surface area contributed by atoms with Crippen LogP contribution < -0.4 is 10.9 Å². The molecular formula is C21H23N3O. The summed E-state index contributed by atoms with van der Waals surface area (Å²) in [7, 11) is 0. The summed E-state index contributed by atoms with van der Waals surface area (Å²) in [6.45, 7) is 2.94. The highest BCUT2D eigenvalue weighted by Gasteiger charge is 2.19. The number of rotatable bonds is 5. The molecule has 4 rings (SSSR count). The number of nitrogens with one attached hydrogen (secondary N) is 2. The second-order valence-corrected chi connectivity index (χ2v) is 6.92. The van der Waals surface area contributed by atoms with Gasteiger partial charge in [-0.05, 0) is 55.5 Å². The summed E-state index contributed by atoms with van der Waals surface area (Å²) < 4.78 is 0. The molecule has 0 bridgehead atoms. The Morgan fingerprint density at radius 2 is 1.88 bits per heavy atom. The molecule has 2 N–H and O–H groups in total. The van der Waals surface area contributed by atoms with Gasteiger partial charge in [-0.25, -0.2) is 4.98 Å². The summed E-state index contributed by atoms with van der Waals surface area (Å²) in [4.78, 5) is 19.8. The molecule has 0 saturated carbocycles. The monoisotopic (exact) mass is 333 g/mol. The van der Waals surface area contributed by atoms with Crippen LogP contribution in [0.15, 0.2) is 47.3 Å². The topological polar surface area (TPSA) is 57.8 Å². The Morgan fingerprint density at radius 1 is 1.12 bits per heavy atom. The number of H-pyrrole nitrogens is 1. The van der Waals surface area contributed by atoms with E-state index in [1.54, 1.807) is 0 Å². The molecule has 0 unspecified atom stereocenters. The highest BCUT2D eigenvalue weighted by molar-refractivity contribution is 5.80. The van der Waals surface area contributed by atoms with Crippen molar-refractivity contribution in [2.75, 3.05) is 6.54 Å². The van der Waals surface area contributed by atoms with Gasteiger partial charge in [0, 0.05) is 12.5 Å². The van der Waals surface area contributed by atoms with Gasteiger partial charge in [0.05, 0.1) is 10.9 Å². The third-order valence-corrected chi connectivity index (χ3v) is 5.06. The smallest absolute Gasteiger partial charge is 0.258 e. The fourth-order valence-electron chi connectivity index (χ4n) is 3.74. The van der Waals surface area contributed by atoms with Crippen molar-refractivity contribution in [1.82, 2.24) is 15.3 Å². The first-order valence-corrected chi connectivity index (χ1v) is 8.99. The maximum atomic E-state index is 12.2. The van der Waals surface area contributed by atoms with Gasteiger partial charge >= 0.3 is 0 Å². The number of nitrogens with zero attached hydrogens (tertiary/aromatic N) is 1. The van der Waals surface area contributed by atoms with E-state index in [1.165, 1.54) is 11.1 Å². The zero-order valence-electron chi connectivity index (χ0n) is 14.5. The van der Waals surface area contributed by atoms with E-state index in [-0.39, 0.29) is 5.56 Å². The van der Waals surface area contributed by atoms with Crippen LogP contribution in [0.2, 0.25) is 0 Å². The van der Waals surface area contributed by atoms with Crippen molar-refractivity contribution in [2.45, 2.75) is 38.6 Å². The van der Waals surface area contributed by atoms with Gasteiger partial charge in [-0.2, -0.15) is 0 Å². The summed E-state index contributed by atoms with van der Waals surface area (Å²) >= 11 is 0. The molecule has 0 atom stereocenters. The zero-order valence-corrected chi connectivity index (χ0v) is 14.5. The Bertz CT molecular complexity index is 936. The molecule has 1 heterocycles. The highest BCUT2D eigenvalue weighted by Crippen LogP contribution is 2.21. The van der Waals surface area contributed by atoms with Gasteiger partial charge in [0.1, 0.15) is 5.82 Å². The number of para-hydroxylation sites is 1. The van der Waals surface area contributed by atoms with E-state index in [4.69, 9.17) is 0 Å². The molecule has 2 aromatic carbocycles. The van der Waals surface area contributed by atoms with Crippen LogP contribution in [0.3, 0.4) is 0 Å². The Labute approximate surface area is 147 Å². The number of aryl methyl sites for hydroxylation is 2. The maximum Gasteiger partial charge on any atom is 0.258 e. The van der Waals surface area contributed by atoms with E-state index in [2.05, 4.69) is 39.6 Å². The number of aromatic amines is 1. The minimum absolute atomic E-state index is 0.0390. The maximum absolute atomic E-state index is 12.2. The largest absolute Gasteiger partial charge is 0.313 e. The van der Waals surface area contributed by atoms with Gasteiger partial charge < -0.3 is 10.3 Å². The van der Waals surface area contributed by atoms with Gasteiger partial charge in [-0.3, -0.25) is 4.79 Å². The van der Waals surface area contributed by atoms with Gasteiger partial charge in [-0.15, -0.1) is 0 Å². The minimum atomic E-state index is -0.0390. The van der Waals surface area contributed by atoms with Crippen molar-refractivity contribution in [3.8, 4) is 0 Å². The second kappa shape index (κ2) is 6.81. The molecule has 0 aliphatic heterocycles. The first-order valence-electron chi connectivity index (χ1n) is 8.99. The van der Waals surface area contributed by atoms with Crippen LogP contribution in [-0.4, -0.2) is 22.6 Å². The first-order chi connectivity index (χ1) is 12.2. The molecule has 0 radical (unpaired) electrons. The molecule has 4 heteroatoms. The number of hydrogen-bond acceptors (Lipinski definition) is 3. The summed E-state index contributed by atoms with van der Waals surface area (Å²) in [6.07, 6.45) is 3.97. The standard InChI is InChI=1S/C21H23N3O/c1-14-6-4-9-18-20(14)23-19(24-21(18)25)10-5-11-22-17-12-15-7-2-3-8-16(15)13-17/h2-4,6-9,17,22H,5,10-13H2,1H3,(H,23,24,25). The van der Waals surface area contributed by atoms with Crippen molar-refractivity contribution in [3.05, 3.63) is 75.3 Å². The zero-order chi connectivity index (χ0) is 17.2. The lowest BCUT2D eigenvalue weighted by Crippen LogP contribution is -2.30. The Morgan fingerprint density at radius 3 is 2.64 bits per heavy atom. The molecule has 1 aliphatic rings. The first kappa shape index (κ1) is 16.0. The molecule has 1 aliphatic carbocycles. The average Bonchev–Trinajstić information content (AvgIpc) is 3.02. The molecule has 128 valence electrons. The predicted octanol–water partition coefficient (Wildman–Crippen LogP) is 2.92. The van der Waals surface area contributed by atoms with Crippen LogP contribution in [0.4, 0.5) is 0 Å². The van der Waals surface area contributed by atoms with Crippen LogP contribution in [0.5, 0.6) is 0 Å². The van der Waals surface area contributed by atoms with Gasteiger partial charge in [0.25, 0.3) is 5.56 Å². The van der Waals surface area contributed by atoms with Crippen molar-refractivity contribution >= 4 is 10.9 Å². The minimum Gasteiger partial charge on any atom is -0.313 e. The fourth-order valence-corrected chi connectivity index (χ4v) is 3.74. The van der Waals surface area contributed by atoms with Crippen LogP contribution in [0, 0.1) is 6.92 Å². The van der Waals surface area contributed by atoms with Gasteiger partial charge in [0.15, 0.2) is 0 Å². The quantitative estimate of drug-likeness (QED) is 0.706. The average molecular weight is 333 g/mol. The van der Waals surface area contributed by atoms with Crippen molar-refractivity contribution in [1.29, 1.82) is 0 Å². The lowest BCUT2D eigenvalue weighted by molar-refractivity contribution is 0.520. The van der Waals surface area contributed by atoms with E-state index in [0.717, 1.165) is 49.1 Å². The normalized spacial score (nSPS) is 14.1. The molecule has 0 amide bonds. The van der Waals surface area contributed by atoms with Crippen molar-refractivity contribution in [3.63, 3.8) is 0 Å². The molecule has 0 saturated heterocycles. The van der Waals surface area contributed by atoms with Crippen molar-refractivity contribution < 1.29 is 0 Å². The van der Waals surface area contributed by atoms with E-state index in [9.17, 15) is 4.79 Å². The third-order valence-electron chi connectivity index (χ3n) is 5.06. The second-order valence-electron chi connectivity index (χ2n) is 6.92. The number of fused-ring (bicyclic) bond motifs is 2. The number of hydrogen-bond donors (Lipinski definition) is 2. The summed E-state index contributed by atoms with van der Waals surface area (Å²) in [5.41, 5.74) is 4.77. The highest BCUT2D eigenvalue weighted by atomic mass is 16.1.